The Hall–Kier alpha value is -3.09. The van der Waals surface area contributed by atoms with E-state index < -0.39 is 40.4 Å². The van der Waals surface area contributed by atoms with Crippen LogP contribution in [0.3, 0.4) is 0 Å². The van der Waals surface area contributed by atoms with Crippen molar-refractivity contribution in [2.75, 3.05) is 33.2 Å². The van der Waals surface area contributed by atoms with Crippen LogP contribution in [-0.4, -0.2) is 88.9 Å². The maximum atomic E-state index is 14.4. The molecule has 0 saturated carbocycles. The second kappa shape index (κ2) is 13.3. The first kappa shape index (κ1) is 30.9. The summed E-state index contributed by atoms with van der Waals surface area (Å²) in [6.07, 6.45) is -2.31. The van der Waals surface area contributed by atoms with Gasteiger partial charge in [-0.15, -0.1) is 0 Å². The zero-order valence-corrected chi connectivity index (χ0v) is 24.2. The smallest absolute Gasteiger partial charge is 0.305 e. The molecule has 1 aliphatic heterocycles. The molecule has 3 N–H and O–H groups in total. The summed E-state index contributed by atoms with van der Waals surface area (Å²) >= 11 is 0. The van der Waals surface area contributed by atoms with E-state index in [0.717, 1.165) is 0 Å². The lowest BCUT2D eigenvalue weighted by Crippen LogP contribution is -2.47. The Morgan fingerprint density at radius 2 is 1.59 bits per heavy atom. The molecular weight excluding hydrogens is 549 g/mol. The molecule has 0 amide bonds. The average molecular weight is 588 g/mol. The topological polar surface area (TPSA) is 123 Å². The largest absolute Gasteiger partial charge is 0.481 e. The standard InChI is InChI=1S/C30H38FN3O6S/c1-3-26-30(41(39,40)33-17-15-32(2)16-18-33)28(21-7-5-4-6-8-21)29(22-9-11-23(31)12-10-22)34(26)14-13-24(35)19-25(36)20-27(37)38/h4-12,24-25,35-36H,3,13-20H2,1-2H3,(H,37,38). The van der Waals surface area contributed by atoms with Crippen molar-refractivity contribution in [1.29, 1.82) is 0 Å². The van der Waals surface area contributed by atoms with Crippen molar-refractivity contribution in [1.82, 2.24) is 13.8 Å². The van der Waals surface area contributed by atoms with E-state index in [-0.39, 0.29) is 24.3 Å². The minimum absolute atomic E-state index is 0.126. The van der Waals surface area contributed by atoms with Gasteiger partial charge in [-0.25, -0.2) is 12.8 Å². The van der Waals surface area contributed by atoms with Crippen LogP contribution in [0.5, 0.6) is 0 Å². The molecule has 11 heteroatoms. The number of rotatable bonds is 12. The molecule has 1 aromatic heterocycles. The first-order valence-electron chi connectivity index (χ1n) is 13.9. The Morgan fingerprint density at radius 1 is 0.951 bits per heavy atom. The molecular formula is C30H38FN3O6S. The van der Waals surface area contributed by atoms with E-state index in [9.17, 15) is 27.8 Å². The highest BCUT2D eigenvalue weighted by molar-refractivity contribution is 7.89. The number of aromatic nitrogens is 1. The van der Waals surface area contributed by atoms with E-state index in [0.29, 0.717) is 60.7 Å². The van der Waals surface area contributed by atoms with E-state index in [4.69, 9.17) is 5.11 Å². The molecule has 0 bridgehead atoms. The van der Waals surface area contributed by atoms with Crippen molar-refractivity contribution in [3.63, 3.8) is 0 Å². The highest BCUT2D eigenvalue weighted by Gasteiger charge is 2.37. The summed E-state index contributed by atoms with van der Waals surface area (Å²) in [5, 5.41) is 29.7. The van der Waals surface area contributed by atoms with E-state index in [1.807, 2.05) is 48.9 Å². The van der Waals surface area contributed by atoms with Crippen molar-refractivity contribution in [3.8, 4) is 22.4 Å². The number of carboxylic acid groups (broad SMARTS) is 1. The van der Waals surface area contributed by atoms with Crippen LogP contribution in [-0.2, 0) is 27.8 Å². The van der Waals surface area contributed by atoms with Crippen molar-refractivity contribution < 1.29 is 32.9 Å². The van der Waals surface area contributed by atoms with Gasteiger partial charge in [-0.05, 0) is 61.7 Å². The number of hydrogen-bond acceptors (Lipinski definition) is 6. The van der Waals surface area contributed by atoms with Crippen LogP contribution >= 0.6 is 0 Å². The van der Waals surface area contributed by atoms with Gasteiger partial charge in [0, 0.05) is 44.0 Å². The van der Waals surface area contributed by atoms with Crippen molar-refractivity contribution in [3.05, 3.63) is 66.1 Å². The van der Waals surface area contributed by atoms with Gasteiger partial charge in [0.15, 0.2) is 0 Å². The molecule has 2 heterocycles. The third-order valence-corrected chi connectivity index (χ3v) is 9.54. The molecule has 41 heavy (non-hydrogen) atoms. The Labute approximate surface area is 240 Å². The van der Waals surface area contributed by atoms with Gasteiger partial charge in [-0.3, -0.25) is 4.79 Å². The zero-order valence-electron chi connectivity index (χ0n) is 23.4. The second-order valence-electron chi connectivity index (χ2n) is 10.5. The quantitative estimate of drug-likeness (QED) is 0.297. The molecule has 2 atom stereocenters. The summed E-state index contributed by atoms with van der Waals surface area (Å²) < 4.78 is 46.2. The predicted octanol–water partition coefficient (Wildman–Crippen LogP) is 3.44. The maximum absolute atomic E-state index is 14.4. The van der Waals surface area contributed by atoms with E-state index in [2.05, 4.69) is 4.90 Å². The average Bonchev–Trinajstić information content (AvgIpc) is 3.27. The third-order valence-electron chi connectivity index (χ3n) is 7.54. The Bertz CT molecular complexity index is 1440. The Kier molecular flexibility index (Phi) is 9.98. The summed E-state index contributed by atoms with van der Waals surface area (Å²) in [4.78, 5) is 13.2. The molecule has 0 radical (unpaired) electrons. The second-order valence-corrected chi connectivity index (χ2v) is 12.4. The molecule has 9 nitrogen and oxygen atoms in total. The summed E-state index contributed by atoms with van der Waals surface area (Å²) in [6, 6.07) is 15.1. The van der Waals surface area contributed by atoms with Gasteiger partial charge in [0.2, 0.25) is 10.0 Å². The maximum Gasteiger partial charge on any atom is 0.305 e. The van der Waals surface area contributed by atoms with Gasteiger partial charge in [-0.1, -0.05) is 37.3 Å². The van der Waals surface area contributed by atoms with Crippen LogP contribution in [0.1, 0.15) is 31.9 Å². The Balaban J connectivity index is 1.90. The fraction of sp³-hybridized carbons (Fsp3) is 0.433. The number of carbonyl (C=O) groups is 1. The number of nitrogens with zero attached hydrogens (tertiary/aromatic N) is 3. The van der Waals surface area contributed by atoms with Crippen LogP contribution in [0.25, 0.3) is 22.4 Å². The lowest BCUT2D eigenvalue weighted by Gasteiger charge is -2.32. The molecule has 3 aromatic rings. The SMILES string of the molecule is CCc1c(S(=O)(=O)N2CCN(C)CC2)c(-c2ccccc2)c(-c2ccc(F)cc2)n1CCC(O)CC(O)CC(=O)O. The monoisotopic (exact) mass is 587 g/mol. The van der Waals surface area contributed by atoms with Gasteiger partial charge < -0.3 is 24.8 Å². The van der Waals surface area contributed by atoms with E-state index in [1.165, 1.54) is 16.4 Å². The van der Waals surface area contributed by atoms with Gasteiger partial charge in [0.1, 0.15) is 10.7 Å². The summed E-state index contributed by atoms with van der Waals surface area (Å²) in [5.41, 5.74) is 3.01. The first-order chi connectivity index (χ1) is 19.5. The van der Waals surface area contributed by atoms with Gasteiger partial charge in [-0.2, -0.15) is 4.31 Å². The van der Waals surface area contributed by atoms with E-state index in [1.54, 1.807) is 12.1 Å². The van der Waals surface area contributed by atoms with Crippen LogP contribution in [0.2, 0.25) is 0 Å². The number of sulfonamides is 1. The molecule has 1 saturated heterocycles. The number of halogens is 1. The molecule has 1 aliphatic rings. The van der Waals surface area contributed by atoms with Crippen molar-refractivity contribution in [2.24, 2.45) is 0 Å². The molecule has 4 rings (SSSR count). The highest BCUT2D eigenvalue weighted by atomic mass is 32.2. The lowest BCUT2D eigenvalue weighted by atomic mass is 10.0. The fourth-order valence-electron chi connectivity index (χ4n) is 5.45. The number of aliphatic hydroxyl groups is 2. The van der Waals surface area contributed by atoms with Crippen LogP contribution in [0, 0.1) is 5.82 Å². The summed E-state index contributed by atoms with van der Waals surface area (Å²) in [7, 11) is -1.99. The number of likely N-dealkylation sites (N-methyl/N-ethyl adjacent to an activating group) is 1. The van der Waals surface area contributed by atoms with E-state index >= 15 is 0 Å². The van der Waals surface area contributed by atoms with Gasteiger partial charge >= 0.3 is 5.97 Å². The molecule has 1 fully saturated rings. The number of aliphatic carboxylic acids is 1. The molecule has 2 aromatic carbocycles. The first-order valence-corrected chi connectivity index (χ1v) is 15.3. The lowest BCUT2D eigenvalue weighted by molar-refractivity contribution is -0.139. The highest BCUT2D eigenvalue weighted by Crippen LogP contribution is 2.43. The van der Waals surface area contributed by atoms with Crippen LogP contribution in [0.4, 0.5) is 4.39 Å². The minimum atomic E-state index is -3.95. The zero-order chi connectivity index (χ0) is 29.7. The van der Waals surface area contributed by atoms with Crippen molar-refractivity contribution >= 4 is 16.0 Å². The fourth-order valence-corrected chi connectivity index (χ4v) is 7.38. The summed E-state index contributed by atoms with van der Waals surface area (Å²) in [5.74, 6) is -1.58. The predicted molar refractivity (Wildman–Crippen MR) is 154 cm³/mol. The van der Waals surface area contributed by atoms with Crippen molar-refractivity contribution in [2.45, 2.75) is 56.3 Å². The number of piperazine rings is 1. The summed E-state index contributed by atoms with van der Waals surface area (Å²) in [6.45, 7) is 4.01. The number of aliphatic hydroxyl groups excluding tert-OH is 2. The van der Waals surface area contributed by atoms with Crippen LogP contribution in [0.15, 0.2) is 59.5 Å². The third kappa shape index (κ3) is 7.04. The number of benzene rings is 2. The normalized spacial score (nSPS) is 16.5. The number of carboxylic acids is 1. The molecule has 0 spiro atoms. The minimum Gasteiger partial charge on any atom is -0.481 e. The molecule has 222 valence electrons. The molecule has 2 unspecified atom stereocenters. The Morgan fingerprint density at radius 3 is 2.17 bits per heavy atom. The van der Waals surface area contributed by atoms with Crippen LogP contribution < -0.4 is 0 Å². The van der Waals surface area contributed by atoms with Gasteiger partial charge in [0.05, 0.1) is 24.3 Å². The molecule has 0 aliphatic carbocycles. The number of hydrogen-bond donors (Lipinski definition) is 3. The van der Waals surface area contributed by atoms with Gasteiger partial charge in [0.25, 0.3) is 0 Å².